The molecule has 0 rings (SSSR count). The van der Waals surface area contributed by atoms with E-state index < -0.39 is 11.9 Å². The van der Waals surface area contributed by atoms with Crippen molar-refractivity contribution >= 4 is 11.9 Å². The average molecular weight is 260 g/mol. The topological polar surface area (TPSA) is 115 Å². The zero-order valence-corrected chi connectivity index (χ0v) is 10.2. The molecule has 0 bridgehead atoms. The number of aliphatic hydroxyl groups excluding tert-OH is 2. The van der Waals surface area contributed by atoms with Gasteiger partial charge in [0.2, 0.25) is 0 Å². The molecule has 0 saturated carbocycles. The fraction of sp³-hybridized carbons (Fsp3) is 0.500. The van der Waals surface area contributed by atoms with E-state index in [1.807, 2.05) is 0 Å². The van der Waals surface area contributed by atoms with Gasteiger partial charge in [-0.25, -0.2) is 9.59 Å². The van der Waals surface area contributed by atoms with Gasteiger partial charge >= 0.3 is 11.9 Å². The molecule has 0 aliphatic heterocycles. The molecule has 0 aliphatic rings. The summed E-state index contributed by atoms with van der Waals surface area (Å²) >= 11 is 0. The second-order valence-electron chi connectivity index (χ2n) is 3.27. The average Bonchev–Trinajstić information content (AvgIpc) is 2.33. The van der Waals surface area contributed by atoms with Crippen LogP contribution < -0.4 is 0 Å². The first kappa shape index (κ1) is 18.7. The minimum absolute atomic E-state index is 0.00458. The number of hydrogen-bond donors (Lipinski definition) is 4. The van der Waals surface area contributed by atoms with E-state index in [-0.39, 0.29) is 13.2 Å². The van der Waals surface area contributed by atoms with Crippen LogP contribution in [-0.2, 0) is 9.59 Å². The van der Waals surface area contributed by atoms with Crippen LogP contribution in [0.3, 0.4) is 0 Å². The standard InChI is InChI=1S/C9H16O4.C3H4O2/c10-6-2-1-4-8(9(12)13)5-3-7-11;1-2-3(4)5/h4,10-11H,1-3,5-7H2,(H,12,13);2H,1H2,(H,4,5). The van der Waals surface area contributed by atoms with E-state index in [1.165, 1.54) is 0 Å². The number of carboxylic acid groups (broad SMARTS) is 2. The van der Waals surface area contributed by atoms with Gasteiger partial charge in [0.1, 0.15) is 0 Å². The molecular formula is C12H20O6. The molecule has 104 valence electrons. The van der Waals surface area contributed by atoms with Gasteiger partial charge in [0.05, 0.1) is 0 Å². The number of hydrogen-bond acceptors (Lipinski definition) is 4. The summed E-state index contributed by atoms with van der Waals surface area (Å²) in [6.45, 7) is 3.04. The Labute approximate surface area is 106 Å². The quantitative estimate of drug-likeness (QED) is 0.379. The smallest absolute Gasteiger partial charge is 0.331 e. The zero-order valence-electron chi connectivity index (χ0n) is 10.2. The Kier molecular flexibility index (Phi) is 13.9. The summed E-state index contributed by atoms with van der Waals surface area (Å²) in [6.07, 6.45) is 4.45. The van der Waals surface area contributed by atoms with E-state index in [0.29, 0.717) is 31.3 Å². The van der Waals surface area contributed by atoms with E-state index in [0.717, 1.165) is 6.08 Å². The van der Waals surface area contributed by atoms with Crippen LogP contribution in [0.15, 0.2) is 24.3 Å². The van der Waals surface area contributed by atoms with Crippen LogP contribution in [0.1, 0.15) is 25.7 Å². The fourth-order valence-corrected chi connectivity index (χ4v) is 0.933. The molecule has 0 heterocycles. The number of aliphatic carboxylic acids is 2. The van der Waals surface area contributed by atoms with Gasteiger partial charge in [0.25, 0.3) is 0 Å². The molecule has 18 heavy (non-hydrogen) atoms. The molecule has 0 aromatic carbocycles. The Morgan fingerprint density at radius 2 is 1.56 bits per heavy atom. The molecular weight excluding hydrogens is 240 g/mol. The molecule has 0 unspecified atom stereocenters. The van der Waals surface area contributed by atoms with Gasteiger partial charge in [-0.05, 0) is 25.7 Å². The summed E-state index contributed by atoms with van der Waals surface area (Å²) in [5, 5.41) is 33.3. The third kappa shape index (κ3) is 14.3. The van der Waals surface area contributed by atoms with Crippen LogP contribution in [0, 0.1) is 0 Å². The molecule has 4 N–H and O–H groups in total. The summed E-state index contributed by atoms with van der Waals surface area (Å²) < 4.78 is 0. The van der Waals surface area contributed by atoms with Crippen molar-refractivity contribution in [1.82, 2.24) is 0 Å². The summed E-state index contributed by atoms with van der Waals surface area (Å²) in [5.41, 5.74) is 0.322. The first-order valence-electron chi connectivity index (χ1n) is 5.49. The normalized spacial score (nSPS) is 10.2. The molecule has 0 saturated heterocycles. The Bertz CT molecular complexity index is 282. The summed E-state index contributed by atoms with van der Waals surface area (Å²) in [5.74, 6) is -1.92. The van der Waals surface area contributed by atoms with Crippen LogP contribution in [0.2, 0.25) is 0 Å². The predicted molar refractivity (Wildman–Crippen MR) is 66.2 cm³/mol. The van der Waals surface area contributed by atoms with Crippen molar-refractivity contribution in [2.24, 2.45) is 0 Å². The van der Waals surface area contributed by atoms with Gasteiger partial charge < -0.3 is 20.4 Å². The molecule has 6 heteroatoms. The number of carboxylic acids is 2. The third-order valence-corrected chi connectivity index (χ3v) is 1.81. The number of allylic oxidation sites excluding steroid dienone is 1. The van der Waals surface area contributed by atoms with E-state index in [9.17, 15) is 9.59 Å². The predicted octanol–water partition coefficient (Wildman–Crippen LogP) is 0.799. The van der Waals surface area contributed by atoms with Crippen LogP contribution in [0.5, 0.6) is 0 Å². The maximum atomic E-state index is 10.6. The monoisotopic (exact) mass is 260 g/mol. The minimum Gasteiger partial charge on any atom is -0.478 e. The van der Waals surface area contributed by atoms with E-state index >= 15 is 0 Å². The van der Waals surface area contributed by atoms with E-state index in [2.05, 4.69) is 6.58 Å². The SMILES string of the molecule is C=CC(=O)O.O=C(O)C(=CCCCO)CCCO. The van der Waals surface area contributed by atoms with Crippen molar-refractivity contribution < 1.29 is 30.0 Å². The lowest BCUT2D eigenvalue weighted by Gasteiger charge is -2.00. The maximum absolute atomic E-state index is 10.6. The number of rotatable bonds is 8. The second-order valence-corrected chi connectivity index (χ2v) is 3.27. The third-order valence-electron chi connectivity index (χ3n) is 1.81. The molecule has 0 radical (unpaired) electrons. The highest BCUT2D eigenvalue weighted by Crippen LogP contribution is 2.07. The van der Waals surface area contributed by atoms with Crippen LogP contribution >= 0.6 is 0 Å². The zero-order chi connectivity index (χ0) is 14.4. The van der Waals surface area contributed by atoms with Crippen molar-refractivity contribution in [1.29, 1.82) is 0 Å². The van der Waals surface area contributed by atoms with Crippen molar-refractivity contribution in [2.45, 2.75) is 25.7 Å². The molecule has 0 aliphatic carbocycles. The van der Waals surface area contributed by atoms with Crippen molar-refractivity contribution in [3.8, 4) is 0 Å². The van der Waals surface area contributed by atoms with Crippen molar-refractivity contribution in [3.63, 3.8) is 0 Å². The molecule has 0 spiro atoms. The van der Waals surface area contributed by atoms with Gasteiger partial charge in [0.15, 0.2) is 0 Å². The lowest BCUT2D eigenvalue weighted by molar-refractivity contribution is -0.133. The number of aliphatic hydroxyl groups is 2. The van der Waals surface area contributed by atoms with Gasteiger partial charge in [0, 0.05) is 24.9 Å². The first-order valence-corrected chi connectivity index (χ1v) is 5.49. The molecule has 0 aromatic rings. The summed E-state index contributed by atoms with van der Waals surface area (Å²) in [7, 11) is 0. The Hall–Kier alpha value is -1.66. The molecule has 6 nitrogen and oxygen atoms in total. The first-order chi connectivity index (χ1) is 8.49. The van der Waals surface area contributed by atoms with Gasteiger partial charge in [-0.1, -0.05) is 12.7 Å². The van der Waals surface area contributed by atoms with Crippen LogP contribution in [-0.4, -0.2) is 45.6 Å². The number of carbonyl (C=O) groups is 2. The summed E-state index contributed by atoms with van der Waals surface area (Å²) in [4.78, 5) is 19.8. The van der Waals surface area contributed by atoms with Gasteiger partial charge in [-0.15, -0.1) is 0 Å². The Morgan fingerprint density at radius 3 is 1.89 bits per heavy atom. The lowest BCUT2D eigenvalue weighted by Crippen LogP contribution is -2.01. The maximum Gasteiger partial charge on any atom is 0.331 e. The highest BCUT2D eigenvalue weighted by molar-refractivity contribution is 5.86. The van der Waals surface area contributed by atoms with Crippen molar-refractivity contribution in [3.05, 3.63) is 24.3 Å². The van der Waals surface area contributed by atoms with Crippen LogP contribution in [0.4, 0.5) is 0 Å². The number of unbranched alkanes of at least 4 members (excludes halogenated alkanes) is 1. The van der Waals surface area contributed by atoms with E-state index in [1.54, 1.807) is 6.08 Å². The Balaban J connectivity index is 0. The summed E-state index contributed by atoms with van der Waals surface area (Å²) in [6, 6.07) is 0. The highest BCUT2D eigenvalue weighted by Gasteiger charge is 2.05. The van der Waals surface area contributed by atoms with Gasteiger partial charge in [-0.2, -0.15) is 0 Å². The minimum atomic E-state index is -0.981. The van der Waals surface area contributed by atoms with Crippen LogP contribution in [0.25, 0.3) is 0 Å². The molecule has 0 aromatic heterocycles. The largest absolute Gasteiger partial charge is 0.478 e. The van der Waals surface area contributed by atoms with E-state index in [4.69, 9.17) is 20.4 Å². The molecule has 0 fully saturated rings. The fourth-order valence-electron chi connectivity index (χ4n) is 0.933. The molecule has 0 amide bonds. The Morgan fingerprint density at radius 1 is 1.06 bits per heavy atom. The highest BCUT2D eigenvalue weighted by atomic mass is 16.4. The van der Waals surface area contributed by atoms with Crippen molar-refractivity contribution in [2.75, 3.05) is 13.2 Å². The lowest BCUT2D eigenvalue weighted by atomic mass is 10.1. The van der Waals surface area contributed by atoms with Gasteiger partial charge in [-0.3, -0.25) is 0 Å². The second kappa shape index (κ2) is 13.4. The molecule has 0 atom stereocenters.